The predicted molar refractivity (Wildman–Crippen MR) is 103 cm³/mol. The molecule has 0 radical (unpaired) electrons. The molecule has 0 N–H and O–H groups in total. The average Bonchev–Trinajstić information content (AvgIpc) is 2.98. The van der Waals surface area contributed by atoms with Crippen LogP contribution in [0.15, 0.2) is 45.8 Å². The third-order valence-corrected chi connectivity index (χ3v) is 6.04. The summed E-state index contributed by atoms with van der Waals surface area (Å²) in [5, 5.41) is 0. The van der Waals surface area contributed by atoms with Crippen molar-refractivity contribution in [1.82, 2.24) is 4.90 Å². The molecule has 2 aromatic rings. The highest BCUT2D eigenvalue weighted by Crippen LogP contribution is 2.32. The number of hydrogen-bond acceptors (Lipinski definition) is 4. The zero-order valence-electron chi connectivity index (χ0n) is 14.8. The lowest BCUT2D eigenvalue weighted by molar-refractivity contribution is 0.0744. The molecule has 0 fully saturated rings. The zero-order chi connectivity index (χ0) is 19.1. The normalized spacial score (nSPS) is 13.8. The molecule has 3 rings (SSSR count). The lowest BCUT2D eigenvalue weighted by Gasteiger charge is -2.20. The Morgan fingerprint density at radius 2 is 1.92 bits per heavy atom. The van der Waals surface area contributed by atoms with Crippen molar-refractivity contribution >= 4 is 31.7 Å². The molecule has 0 saturated heterocycles. The Bertz CT molecular complexity index is 969. The molecule has 5 nitrogen and oxygen atoms in total. The Hall–Kier alpha value is -1.86. The molecule has 0 aromatic heterocycles. The second-order valence-electron chi connectivity index (χ2n) is 6.64. The van der Waals surface area contributed by atoms with Crippen LogP contribution in [0.5, 0.6) is 5.75 Å². The Balaban J connectivity index is 1.99. The summed E-state index contributed by atoms with van der Waals surface area (Å²) in [6.07, 6.45) is 0.998. The third-order valence-electron chi connectivity index (χ3n) is 4.19. The molecule has 0 aliphatic carbocycles. The maximum atomic E-state index is 13.1. The first-order valence-electron chi connectivity index (χ1n) is 8.23. The number of carbonyl (C=O) groups is 1. The van der Waals surface area contributed by atoms with Crippen LogP contribution in [-0.4, -0.2) is 31.6 Å². The first-order valence-corrected chi connectivity index (χ1v) is 10.9. The lowest BCUT2D eigenvalue weighted by atomic mass is 10.1. The highest BCUT2D eigenvalue weighted by Gasteiger charge is 2.28. The molecule has 0 bridgehead atoms. The van der Waals surface area contributed by atoms with Crippen LogP contribution in [0, 0.1) is 0 Å². The minimum atomic E-state index is -3.42. The smallest absolute Gasteiger partial charge is 0.258 e. The average molecular weight is 438 g/mol. The minimum Gasteiger partial charge on any atom is -0.490 e. The summed E-state index contributed by atoms with van der Waals surface area (Å²) >= 11 is 3.52. The number of nitrogens with zero attached hydrogens (tertiary/aromatic N) is 1. The van der Waals surface area contributed by atoms with Gasteiger partial charge in [-0.3, -0.25) is 4.79 Å². The Morgan fingerprint density at radius 1 is 1.19 bits per heavy atom. The maximum Gasteiger partial charge on any atom is 0.258 e. The lowest BCUT2D eigenvalue weighted by Crippen LogP contribution is -2.26. The Kier molecular flexibility index (Phi) is 5.12. The second kappa shape index (κ2) is 7.04. The summed E-state index contributed by atoms with van der Waals surface area (Å²) in [4.78, 5) is 14.9. The molecule has 1 heterocycles. The molecule has 1 aliphatic rings. The summed E-state index contributed by atoms with van der Waals surface area (Å²) in [6.45, 7) is 4.68. The minimum absolute atomic E-state index is 0.106. The van der Waals surface area contributed by atoms with Crippen molar-refractivity contribution in [3.8, 4) is 5.75 Å². The van der Waals surface area contributed by atoms with E-state index in [0.717, 1.165) is 21.9 Å². The van der Waals surface area contributed by atoms with E-state index in [1.807, 2.05) is 32.0 Å². The van der Waals surface area contributed by atoms with E-state index in [1.165, 1.54) is 12.1 Å². The SMILES string of the molecule is CC(C)Oc1ccc(S(C)(=O)=O)cc1C(=O)N1Cc2cccc(Br)c2C1. The van der Waals surface area contributed by atoms with E-state index in [9.17, 15) is 13.2 Å². The number of benzene rings is 2. The highest BCUT2D eigenvalue weighted by atomic mass is 79.9. The van der Waals surface area contributed by atoms with E-state index in [2.05, 4.69) is 15.9 Å². The van der Waals surface area contributed by atoms with Crippen molar-refractivity contribution in [3.63, 3.8) is 0 Å². The van der Waals surface area contributed by atoms with Crippen molar-refractivity contribution in [2.45, 2.75) is 37.9 Å². The summed E-state index contributed by atoms with van der Waals surface area (Å²) < 4.78 is 30.5. The van der Waals surface area contributed by atoms with Crippen LogP contribution in [0.2, 0.25) is 0 Å². The van der Waals surface area contributed by atoms with Gasteiger partial charge < -0.3 is 9.64 Å². The van der Waals surface area contributed by atoms with Crippen molar-refractivity contribution in [1.29, 1.82) is 0 Å². The van der Waals surface area contributed by atoms with Gasteiger partial charge in [-0.2, -0.15) is 0 Å². The van der Waals surface area contributed by atoms with E-state index in [4.69, 9.17) is 4.74 Å². The first-order chi connectivity index (χ1) is 12.2. The number of halogens is 1. The number of sulfone groups is 1. The van der Waals surface area contributed by atoms with Gasteiger partial charge in [0.1, 0.15) is 5.75 Å². The molecule has 0 atom stereocenters. The molecular weight excluding hydrogens is 418 g/mol. The number of carbonyl (C=O) groups excluding carboxylic acids is 1. The molecule has 0 unspecified atom stereocenters. The summed E-state index contributed by atoms with van der Waals surface area (Å²) in [7, 11) is -3.42. The topological polar surface area (TPSA) is 63.7 Å². The molecule has 2 aromatic carbocycles. The van der Waals surface area contributed by atoms with Gasteiger partial charge in [-0.15, -0.1) is 0 Å². The Morgan fingerprint density at radius 3 is 2.54 bits per heavy atom. The van der Waals surface area contributed by atoms with Gasteiger partial charge in [0, 0.05) is 23.8 Å². The quantitative estimate of drug-likeness (QED) is 0.729. The summed E-state index contributed by atoms with van der Waals surface area (Å²) in [6, 6.07) is 10.3. The van der Waals surface area contributed by atoms with Crippen molar-refractivity contribution < 1.29 is 17.9 Å². The van der Waals surface area contributed by atoms with Gasteiger partial charge in [-0.05, 0) is 49.2 Å². The monoisotopic (exact) mass is 437 g/mol. The highest BCUT2D eigenvalue weighted by molar-refractivity contribution is 9.10. The van der Waals surface area contributed by atoms with Crippen LogP contribution in [0.3, 0.4) is 0 Å². The van der Waals surface area contributed by atoms with Gasteiger partial charge in [0.25, 0.3) is 5.91 Å². The number of hydrogen-bond donors (Lipinski definition) is 0. The third kappa shape index (κ3) is 3.78. The standard InChI is InChI=1S/C19H20BrNO4S/c1-12(2)25-18-8-7-14(26(3,23)24)9-15(18)19(22)21-10-13-5-4-6-17(20)16(13)11-21/h4-9,12H,10-11H2,1-3H3. The van der Waals surface area contributed by atoms with Crippen molar-refractivity contribution in [3.05, 3.63) is 57.6 Å². The Labute approximate surface area is 162 Å². The maximum absolute atomic E-state index is 13.1. The molecule has 0 spiro atoms. The molecule has 26 heavy (non-hydrogen) atoms. The molecule has 138 valence electrons. The van der Waals surface area contributed by atoms with Crippen LogP contribution < -0.4 is 4.74 Å². The molecule has 1 amide bonds. The van der Waals surface area contributed by atoms with E-state index in [-0.39, 0.29) is 22.5 Å². The number of amides is 1. The molecule has 0 saturated carbocycles. The van der Waals surface area contributed by atoms with Gasteiger partial charge in [-0.25, -0.2) is 8.42 Å². The van der Waals surface area contributed by atoms with Crippen LogP contribution in [-0.2, 0) is 22.9 Å². The molecular formula is C19H20BrNO4S. The largest absolute Gasteiger partial charge is 0.490 e. The van der Waals surface area contributed by atoms with Crippen LogP contribution in [0.1, 0.15) is 35.3 Å². The summed E-state index contributed by atoms with van der Waals surface area (Å²) in [5.41, 5.74) is 2.43. The predicted octanol–water partition coefficient (Wildman–Crippen LogP) is 3.80. The number of fused-ring (bicyclic) bond motifs is 1. The van der Waals surface area contributed by atoms with E-state index >= 15 is 0 Å². The van der Waals surface area contributed by atoms with Gasteiger partial charge in [0.15, 0.2) is 9.84 Å². The van der Waals surface area contributed by atoms with E-state index < -0.39 is 9.84 Å². The second-order valence-corrected chi connectivity index (χ2v) is 9.51. The van der Waals surface area contributed by atoms with Crippen LogP contribution in [0.4, 0.5) is 0 Å². The number of rotatable bonds is 4. The zero-order valence-corrected chi connectivity index (χ0v) is 17.2. The number of ether oxygens (including phenoxy) is 1. The fourth-order valence-electron chi connectivity index (χ4n) is 2.96. The van der Waals surface area contributed by atoms with Gasteiger partial charge >= 0.3 is 0 Å². The van der Waals surface area contributed by atoms with E-state index in [1.54, 1.807) is 11.0 Å². The van der Waals surface area contributed by atoms with Crippen molar-refractivity contribution in [2.24, 2.45) is 0 Å². The summed E-state index contributed by atoms with van der Waals surface area (Å²) in [5.74, 6) is 0.154. The van der Waals surface area contributed by atoms with Gasteiger partial charge in [0.05, 0.1) is 16.6 Å². The van der Waals surface area contributed by atoms with Gasteiger partial charge in [0.2, 0.25) is 0 Å². The molecule has 7 heteroatoms. The van der Waals surface area contributed by atoms with Crippen molar-refractivity contribution in [2.75, 3.05) is 6.26 Å². The van der Waals surface area contributed by atoms with E-state index in [0.29, 0.717) is 18.8 Å². The fourth-order valence-corrected chi connectivity index (χ4v) is 4.14. The van der Waals surface area contributed by atoms with Gasteiger partial charge in [-0.1, -0.05) is 28.1 Å². The van der Waals surface area contributed by atoms with Crippen LogP contribution >= 0.6 is 15.9 Å². The molecule has 1 aliphatic heterocycles. The van der Waals surface area contributed by atoms with Crippen LogP contribution in [0.25, 0.3) is 0 Å². The first kappa shape index (κ1) is 18.9. The fraction of sp³-hybridized carbons (Fsp3) is 0.316.